The summed E-state index contributed by atoms with van der Waals surface area (Å²) in [6, 6.07) is 1.47. The van der Waals surface area contributed by atoms with E-state index in [4.69, 9.17) is 14.6 Å². The van der Waals surface area contributed by atoms with Crippen LogP contribution in [0.4, 0.5) is 5.95 Å². The Morgan fingerprint density at radius 2 is 1.80 bits per heavy atom. The number of rotatable bonds is 7. The second-order valence-corrected chi connectivity index (χ2v) is 4.23. The third-order valence-corrected chi connectivity index (χ3v) is 2.41. The summed E-state index contributed by atoms with van der Waals surface area (Å²) in [7, 11) is 2.87. The zero-order valence-corrected chi connectivity index (χ0v) is 11.5. The molecule has 110 valence electrons. The molecule has 0 saturated heterocycles. The summed E-state index contributed by atoms with van der Waals surface area (Å²) in [5.74, 6) is -1.02. The Morgan fingerprint density at radius 1 is 1.25 bits per heavy atom. The summed E-state index contributed by atoms with van der Waals surface area (Å²) in [5.41, 5.74) is 0. The summed E-state index contributed by atoms with van der Waals surface area (Å²) in [4.78, 5) is 30.2. The van der Waals surface area contributed by atoms with Crippen molar-refractivity contribution in [3.63, 3.8) is 0 Å². The second kappa shape index (κ2) is 7.27. The van der Waals surface area contributed by atoms with E-state index in [0.29, 0.717) is 0 Å². The largest absolute Gasteiger partial charge is 0.481 e. The Morgan fingerprint density at radius 3 is 2.25 bits per heavy atom. The number of methoxy groups -OCH3 is 2. The van der Waals surface area contributed by atoms with E-state index in [9.17, 15) is 9.59 Å². The minimum Gasteiger partial charge on any atom is -0.481 e. The number of nitrogens with one attached hydrogen (secondary N) is 1. The summed E-state index contributed by atoms with van der Waals surface area (Å²) in [6.45, 7) is 1.68. The zero-order chi connectivity index (χ0) is 15.1. The van der Waals surface area contributed by atoms with Gasteiger partial charge in [0.25, 0.3) is 0 Å². The lowest BCUT2D eigenvalue weighted by molar-refractivity contribution is -0.138. The number of carboxylic acids is 1. The maximum atomic E-state index is 11.7. The number of carbonyl (C=O) groups excluding carboxylic acids is 1. The number of hydrogen-bond donors (Lipinski definition) is 2. The van der Waals surface area contributed by atoms with E-state index in [1.54, 1.807) is 6.92 Å². The first-order valence-corrected chi connectivity index (χ1v) is 5.93. The molecule has 0 aliphatic carbocycles. The first-order valence-electron chi connectivity index (χ1n) is 5.93. The van der Waals surface area contributed by atoms with Crippen LogP contribution < -0.4 is 14.8 Å². The van der Waals surface area contributed by atoms with Gasteiger partial charge >= 0.3 is 5.97 Å². The predicted octanol–water partition coefficient (Wildman–Crippen LogP) is 0.933. The van der Waals surface area contributed by atoms with Gasteiger partial charge in [-0.2, -0.15) is 9.97 Å². The summed E-state index contributed by atoms with van der Waals surface area (Å²) >= 11 is 0. The molecule has 1 aromatic heterocycles. The molecule has 0 aliphatic rings. The molecule has 20 heavy (non-hydrogen) atoms. The van der Waals surface area contributed by atoms with E-state index in [0.717, 1.165) is 0 Å². The van der Waals surface area contributed by atoms with Gasteiger partial charge in [0.15, 0.2) is 0 Å². The zero-order valence-electron chi connectivity index (χ0n) is 11.5. The van der Waals surface area contributed by atoms with E-state index in [1.165, 1.54) is 20.3 Å². The Hall–Kier alpha value is -2.38. The standard InChI is InChI=1S/C12H17N3O5/c1-7(5-11(17)18)4-8(16)13-12-14-9(19-2)6-10(15-12)20-3/h6-7H,4-5H2,1-3H3,(H,17,18)(H,13,14,15,16). The lowest BCUT2D eigenvalue weighted by Crippen LogP contribution is -2.18. The number of aromatic nitrogens is 2. The van der Waals surface area contributed by atoms with Gasteiger partial charge in [-0.15, -0.1) is 0 Å². The van der Waals surface area contributed by atoms with Crippen LogP contribution in [0, 0.1) is 5.92 Å². The van der Waals surface area contributed by atoms with Crippen LogP contribution in [0.3, 0.4) is 0 Å². The van der Waals surface area contributed by atoms with Crippen LogP contribution in [0.2, 0.25) is 0 Å². The highest BCUT2D eigenvalue weighted by Gasteiger charge is 2.14. The van der Waals surface area contributed by atoms with E-state index in [-0.39, 0.29) is 42.4 Å². The highest BCUT2D eigenvalue weighted by atomic mass is 16.5. The van der Waals surface area contributed by atoms with Crippen LogP contribution in [0.25, 0.3) is 0 Å². The number of ether oxygens (including phenoxy) is 2. The molecule has 1 amide bonds. The van der Waals surface area contributed by atoms with Gasteiger partial charge in [0, 0.05) is 12.8 Å². The van der Waals surface area contributed by atoms with Crippen LogP contribution >= 0.6 is 0 Å². The van der Waals surface area contributed by atoms with Crippen LogP contribution in [0.5, 0.6) is 11.8 Å². The molecule has 0 aromatic carbocycles. The van der Waals surface area contributed by atoms with Crippen LogP contribution in [-0.4, -0.2) is 41.2 Å². The van der Waals surface area contributed by atoms with Gasteiger partial charge in [-0.25, -0.2) is 0 Å². The normalized spacial score (nSPS) is 11.6. The lowest BCUT2D eigenvalue weighted by Gasteiger charge is -2.10. The van der Waals surface area contributed by atoms with Gasteiger partial charge in [-0.05, 0) is 5.92 Å². The fourth-order valence-electron chi connectivity index (χ4n) is 1.53. The first kappa shape index (κ1) is 15.7. The van der Waals surface area contributed by atoms with Crippen molar-refractivity contribution in [3.8, 4) is 11.8 Å². The molecular formula is C12H17N3O5. The van der Waals surface area contributed by atoms with Gasteiger partial charge in [0.05, 0.1) is 20.3 Å². The smallest absolute Gasteiger partial charge is 0.303 e. The number of anilines is 1. The van der Waals surface area contributed by atoms with Crippen LogP contribution in [-0.2, 0) is 9.59 Å². The third kappa shape index (κ3) is 5.09. The lowest BCUT2D eigenvalue weighted by atomic mass is 10.0. The highest BCUT2D eigenvalue weighted by Crippen LogP contribution is 2.18. The van der Waals surface area contributed by atoms with Crippen molar-refractivity contribution in [2.24, 2.45) is 5.92 Å². The number of carboxylic acid groups (broad SMARTS) is 1. The van der Waals surface area contributed by atoms with Crippen molar-refractivity contribution < 1.29 is 24.2 Å². The molecule has 1 rings (SSSR count). The summed E-state index contributed by atoms with van der Waals surface area (Å²) in [5, 5.41) is 11.1. The average Bonchev–Trinajstić information content (AvgIpc) is 2.36. The maximum Gasteiger partial charge on any atom is 0.303 e. The monoisotopic (exact) mass is 283 g/mol. The van der Waals surface area contributed by atoms with Gasteiger partial charge < -0.3 is 14.6 Å². The van der Waals surface area contributed by atoms with E-state index >= 15 is 0 Å². The minimum atomic E-state index is -0.940. The van der Waals surface area contributed by atoms with E-state index in [1.807, 2.05) is 0 Å². The maximum absolute atomic E-state index is 11.7. The van der Waals surface area contributed by atoms with Gasteiger partial charge in [-0.1, -0.05) is 6.92 Å². The third-order valence-electron chi connectivity index (χ3n) is 2.41. The molecular weight excluding hydrogens is 266 g/mol. The molecule has 0 bridgehead atoms. The van der Waals surface area contributed by atoms with Gasteiger partial charge in [0.2, 0.25) is 23.6 Å². The molecule has 1 unspecified atom stereocenters. The number of hydrogen-bond acceptors (Lipinski definition) is 6. The van der Waals surface area contributed by atoms with Crippen molar-refractivity contribution in [3.05, 3.63) is 6.07 Å². The molecule has 0 saturated carbocycles. The minimum absolute atomic E-state index is 0.0497. The van der Waals surface area contributed by atoms with Crippen LogP contribution in [0.15, 0.2) is 6.07 Å². The fourth-order valence-corrected chi connectivity index (χ4v) is 1.53. The fraction of sp³-hybridized carbons (Fsp3) is 0.500. The molecule has 1 aromatic rings. The molecule has 0 fully saturated rings. The quantitative estimate of drug-likeness (QED) is 0.765. The van der Waals surface area contributed by atoms with Gasteiger partial charge in [-0.3, -0.25) is 14.9 Å². The molecule has 8 nitrogen and oxygen atoms in total. The second-order valence-electron chi connectivity index (χ2n) is 4.23. The number of carbonyl (C=O) groups is 2. The van der Waals surface area contributed by atoms with Crippen molar-refractivity contribution in [1.82, 2.24) is 9.97 Å². The summed E-state index contributed by atoms with van der Waals surface area (Å²) < 4.78 is 9.91. The topological polar surface area (TPSA) is 111 Å². The van der Waals surface area contributed by atoms with Crippen LogP contribution in [0.1, 0.15) is 19.8 Å². The highest BCUT2D eigenvalue weighted by molar-refractivity contribution is 5.89. The van der Waals surface area contributed by atoms with Crippen molar-refractivity contribution in [2.45, 2.75) is 19.8 Å². The number of aliphatic carboxylic acids is 1. The van der Waals surface area contributed by atoms with Crippen molar-refractivity contribution in [2.75, 3.05) is 19.5 Å². The number of amides is 1. The average molecular weight is 283 g/mol. The molecule has 1 heterocycles. The van der Waals surface area contributed by atoms with E-state index < -0.39 is 5.97 Å². The Balaban J connectivity index is 2.67. The molecule has 8 heteroatoms. The molecule has 2 N–H and O–H groups in total. The Kier molecular flexibility index (Phi) is 5.70. The van der Waals surface area contributed by atoms with Gasteiger partial charge in [0.1, 0.15) is 0 Å². The first-order chi connectivity index (χ1) is 9.44. The summed E-state index contributed by atoms with van der Waals surface area (Å²) in [6.07, 6.45) is -0.00903. The van der Waals surface area contributed by atoms with E-state index in [2.05, 4.69) is 15.3 Å². The predicted molar refractivity (Wildman–Crippen MR) is 69.8 cm³/mol. The molecule has 0 spiro atoms. The van der Waals surface area contributed by atoms with Crippen molar-refractivity contribution >= 4 is 17.8 Å². The van der Waals surface area contributed by atoms with Crippen molar-refractivity contribution in [1.29, 1.82) is 0 Å². The number of nitrogens with zero attached hydrogens (tertiary/aromatic N) is 2. The Bertz CT molecular complexity index is 470. The SMILES string of the molecule is COc1cc(OC)nc(NC(=O)CC(C)CC(=O)O)n1. The molecule has 1 atom stereocenters. The Labute approximate surface area is 116 Å². The molecule has 0 aliphatic heterocycles. The molecule has 0 radical (unpaired) electrons.